The van der Waals surface area contributed by atoms with E-state index in [1.165, 1.54) is 22.3 Å². The Morgan fingerprint density at radius 1 is 0.193 bits per heavy atom. The van der Waals surface area contributed by atoms with Gasteiger partial charge in [0.05, 0.1) is 0 Å². The zero-order chi connectivity index (χ0) is 97.4. The van der Waals surface area contributed by atoms with Crippen molar-refractivity contribution in [2.75, 3.05) is 29.4 Å². The molecule has 0 spiro atoms. The molecule has 0 atom stereocenters. The number of hydrogen-bond acceptors (Lipinski definition) is 10. The second-order valence-electron chi connectivity index (χ2n) is 33.7. The van der Waals surface area contributed by atoms with E-state index in [1.54, 1.807) is 38.1 Å². The molecular weight excluding hydrogens is 1710 g/mol. The third-order valence-corrected chi connectivity index (χ3v) is 23.9. The van der Waals surface area contributed by atoms with E-state index in [4.69, 9.17) is 9.47 Å². The summed E-state index contributed by atoms with van der Waals surface area (Å²) in [6.07, 6.45) is 11.2. The topological polar surface area (TPSA) is 72.0 Å². The third-order valence-electron chi connectivity index (χ3n) is 23.9. The molecule has 18 aromatic rings. The molecule has 0 fully saturated rings. The Morgan fingerprint density at radius 2 is 0.343 bits per heavy atom. The van der Waals surface area contributed by atoms with Crippen LogP contribution < -0.4 is 38.9 Å². The average molecular weight is 1820 g/mol. The fourth-order valence-corrected chi connectivity index (χ4v) is 16.5. The summed E-state index contributed by atoms with van der Waals surface area (Å²) in [5.41, 5.74) is 35.5. The second kappa shape index (κ2) is 45.1. The van der Waals surface area contributed by atoms with Crippen LogP contribution in [-0.4, -0.2) is 11.9 Å². The van der Waals surface area contributed by atoms with Crippen molar-refractivity contribution in [2.24, 2.45) is 0 Å². The van der Waals surface area contributed by atoms with Gasteiger partial charge in [-0.3, -0.25) is 0 Å². The number of aryl methyl sites for hydroxylation is 2. The SMILES string of the molecule is C=C(C)C(=O)Oc1ccc(N(c2ccccc2)c2ccc(-c3ccc(N(c4ccccc4)c4ccc(OC(=O)C(=C)C)cc4)cc3)cc2)cc1.C=Cc1ccc(N(c2ccc(-c3ccc(N(c4ccc(C=C)cc4)c4cccc(C)c4)cc3)cc2)c2cccc(C)c2)cc1.C=Cc1ccc(N(c2ccc(C=C)cc2)c2ccc(-c3ccc(N(c4ccc(C=C)cc4)c4ccc(C=C)cc4)cc3)cc2)cc1. The fourth-order valence-electron chi connectivity index (χ4n) is 16.5. The first-order valence-electron chi connectivity index (χ1n) is 46.4. The van der Waals surface area contributed by atoms with Crippen molar-refractivity contribution in [1.29, 1.82) is 0 Å². The number of carbonyl (C=O) groups excluding carboxylic acids is 2. The molecule has 18 aromatic carbocycles. The van der Waals surface area contributed by atoms with Crippen LogP contribution in [0, 0.1) is 13.8 Å². The summed E-state index contributed by atoms with van der Waals surface area (Å²) in [6.45, 7) is 38.3. The van der Waals surface area contributed by atoms with Crippen molar-refractivity contribution in [3.8, 4) is 44.9 Å². The lowest BCUT2D eigenvalue weighted by Gasteiger charge is -2.26. The van der Waals surface area contributed by atoms with Crippen molar-refractivity contribution >= 4 is 151 Å². The Hall–Kier alpha value is -18.4. The summed E-state index contributed by atoms with van der Waals surface area (Å²) in [6, 6.07) is 155. The molecule has 0 amide bonds. The molecule has 0 N–H and O–H groups in total. The molecule has 0 saturated heterocycles. The first kappa shape index (κ1) is 94.8. The molecular formula is C130H108N6O4. The van der Waals surface area contributed by atoms with Crippen LogP contribution in [0.2, 0.25) is 0 Å². The van der Waals surface area contributed by atoms with E-state index in [-0.39, 0.29) is 0 Å². The normalized spacial score (nSPS) is 10.6. The first-order chi connectivity index (χ1) is 68.4. The van der Waals surface area contributed by atoms with Gasteiger partial charge in [-0.15, -0.1) is 0 Å². The highest BCUT2D eigenvalue weighted by atomic mass is 16.5. The van der Waals surface area contributed by atoms with Gasteiger partial charge in [-0.2, -0.15) is 0 Å². The van der Waals surface area contributed by atoms with E-state index in [0.29, 0.717) is 22.6 Å². The fraction of sp³-hybridized carbons (Fsp3) is 0.0308. The van der Waals surface area contributed by atoms with Crippen molar-refractivity contribution in [1.82, 2.24) is 0 Å². The molecule has 140 heavy (non-hydrogen) atoms. The monoisotopic (exact) mass is 1820 g/mol. The van der Waals surface area contributed by atoms with E-state index < -0.39 is 11.9 Å². The molecule has 0 bridgehead atoms. The number of benzene rings is 18. The third kappa shape index (κ3) is 23.2. The van der Waals surface area contributed by atoms with E-state index >= 15 is 0 Å². The lowest BCUT2D eigenvalue weighted by atomic mass is 10.0. The smallest absolute Gasteiger partial charge is 0.338 e. The molecule has 0 saturated carbocycles. The molecule has 0 unspecified atom stereocenters. The Bertz CT molecular complexity index is 6810. The molecule has 0 radical (unpaired) electrons. The number of hydrogen-bond donors (Lipinski definition) is 0. The quantitative estimate of drug-likeness (QED) is 0.0238. The Labute approximate surface area is 823 Å². The number of nitrogens with zero attached hydrogens (tertiary/aromatic N) is 6. The zero-order valence-corrected chi connectivity index (χ0v) is 79.2. The van der Waals surface area contributed by atoms with Gasteiger partial charge in [0.25, 0.3) is 0 Å². The molecule has 10 nitrogen and oxygen atoms in total. The van der Waals surface area contributed by atoms with Crippen molar-refractivity contribution in [3.63, 3.8) is 0 Å². The predicted octanol–water partition coefficient (Wildman–Crippen LogP) is 36.3. The number of anilines is 18. The second-order valence-corrected chi connectivity index (χ2v) is 33.7. The molecule has 0 aliphatic carbocycles. The van der Waals surface area contributed by atoms with E-state index in [1.807, 2.05) is 97.1 Å². The highest BCUT2D eigenvalue weighted by Crippen LogP contribution is 2.45. The minimum Gasteiger partial charge on any atom is -0.423 e. The zero-order valence-electron chi connectivity index (χ0n) is 79.2. The van der Waals surface area contributed by atoms with Gasteiger partial charge in [0, 0.05) is 114 Å². The van der Waals surface area contributed by atoms with Crippen LogP contribution in [0.25, 0.3) is 69.8 Å². The molecule has 0 aromatic heterocycles. The molecule has 0 aliphatic rings. The van der Waals surface area contributed by atoms with Gasteiger partial charge in [0.2, 0.25) is 0 Å². The number of rotatable bonds is 31. The summed E-state index contributed by atoms with van der Waals surface area (Å²) in [5, 5.41) is 0. The summed E-state index contributed by atoms with van der Waals surface area (Å²) in [7, 11) is 0. The number of ether oxygens (including phenoxy) is 2. The highest BCUT2D eigenvalue weighted by Gasteiger charge is 2.22. The van der Waals surface area contributed by atoms with Crippen LogP contribution in [0.4, 0.5) is 102 Å². The largest absolute Gasteiger partial charge is 0.423 e. The minimum absolute atomic E-state index is 0.346. The van der Waals surface area contributed by atoms with Gasteiger partial charge in [0.1, 0.15) is 11.5 Å². The van der Waals surface area contributed by atoms with Gasteiger partial charge in [-0.1, -0.05) is 295 Å². The summed E-state index contributed by atoms with van der Waals surface area (Å²) in [4.78, 5) is 37.4. The van der Waals surface area contributed by atoms with Crippen molar-refractivity contribution in [2.45, 2.75) is 27.7 Å². The van der Waals surface area contributed by atoms with Gasteiger partial charge >= 0.3 is 11.9 Å². The van der Waals surface area contributed by atoms with Crippen molar-refractivity contribution < 1.29 is 19.1 Å². The first-order valence-corrected chi connectivity index (χ1v) is 46.4. The number of para-hydroxylation sites is 2. The van der Waals surface area contributed by atoms with Crippen LogP contribution in [0.5, 0.6) is 11.5 Å². The van der Waals surface area contributed by atoms with Crippen LogP contribution in [0.3, 0.4) is 0 Å². The van der Waals surface area contributed by atoms with Crippen LogP contribution in [0.1, 0.15) is 58.4 Å². The van der Waals surface area contributed by atoms with Gasteiger partial charge in [-0.05, 0) is 348 Å². The molecule has 10 heteroatoms. The Morgan fingerprint density at radius 3 is 0.507 bits per heavy atom. The lowest BCUT2D eigenvalue weighted by molar-refractivity contribution is -0.130. The van der Waals surface area contributed by atoms with E-state index in [2.05, 4.69) is 460 Å². The standard InChI is InChI=1S/C44H36N2O4.C44H36N2.C42H36N2/c1-31(2)43(47)49-41-27-23-39(24-28-41)45(35-11-7-5-8-12-35)37-19-15-33(16-20-37)34-17-21-38(22-18-34)46(36-13-9-6-10-14-36)40-25-29-42(30-26-40)50-44(48)32(3)4;1-5-33-9-21-39(22-10-33)45(40-23-11-34(6-2)12-24-40)43-29-17-37(18-30-43)38-19-31-44(32-20-38)46(41-25-13-35(7-3)14-26-41)42-27-15-36(8-4)16-28-42;1-5-33-13-21-37(22-14-33)43(41-11-7-9-31(3)29-41)39-25-17-35(18-26-39)36-19-27-40(28-20-36)44(42-12-8-10-32(4)30-42)38-23-15-34(6-2)16-24-38/h5-30H,1,3H2,2,4H3;5-32H,1-4H2;5-30H,1-2H2,3-4H3. The Balaban J connectivity index is 0.000000152. The summed E-state index contributed by atoms with van der Waals surface area (Å²) < 4.78 is 10.8. The van der Waals surface area contributed by atoms with Crippen molar-refractivity contribution in [3.05, 3.63) is 557 Å². The minimum atomic E-state index is -0.452. The lowest BCUT2D eigenvalue weighted by Crippen LogP contribution is -2.11. The van der Waals surface area contributed by atoms with Crippen LogP contribution in [-0.2, 0) is 9.59 Å². The highest BCUT2D eigenvalue weighted by molar-refractivity contribution is 5.92. The number of esters is 2. The average Bonchev–Trinajstić information content (AvgIpc) is 0.799. The predicted molar refractivity (Wildman–Crippen MR) is 595 cm³/mol. The maximum Gasteiger partial charge on any atom is 0.338 e. The van der Waals surface area contributed by atoms with Gasteiger partial charge in [0.15, 0.2) is 0 Å². The number of carbonyl (C=O) groups is 2. The van der Waals surface area contributed by atoms with Gasteiger partial charge < -0.3 is 38.9 Å². The molecule has 0 aliphatic heterocycles. The maximum absolute atomic E-state index is 12.0. The van der Waals surface area contributed by atoms with E-state index in [0.717, 1.165) is 158 Å². The van der Waals surface area contributed by atoms with Gasteiger partial charge in [-0.25, -0.2) is 9.59 Å². The van der Waals surface area contributed by atoms with Crippen LogP contribution >= 0.6 is 0 Å². The summed E-state index contributed by atoms with van der Waals surface area (Å²) >= 11 is 0. The maximum atomic E-state index is 12.0. The summed E-state index contributed by atoms with van der Waals surface area (Å²) in [5.74, 6) is 0.0130. The molecule has 18 rings (SSSR count). The molecule has 682 valence electrons. The van der Waals surface area contributed by atoms with Crippen LogP contribution in [0.15, 0.2) is 513 Å². The Kier molecular flexibility index (Phi) is 30.5. The molecule has 0 heterocycles. The van der Waals surface area contributed by atoms with E-state index in [9.17, 15) is 9.59 Å².